The Hall–Kier alpha value is -3.82. The molecule has 1 aromatic heterocycles. The smallest absolute Gasteiger partial charge is 0.274 e. The van der Waals surface area contributed by atoms with Crippen molar-refractivity contribution in [2.24, 2.45) is 0 Å². The van der Waals surface area contributed by atoms with E-state index in [1.807, 2.05) is 6.07 Å². The van der Waals surface area contributed by atoms with Crippen LogP contribution < -0.4 is 14.2 Å². The molecule has 1 N–H and O–H groups in total. The van der Waals surface area contributed by atoms with Gasteiger partial charge in [0.05, 0.1) is 24.7 Å². The number of aromatic nitrogens is 2. The molecule has 1 amide bonds. The molecule has 31 heavy (non-hydrogen) atoms. The van der Waals surface area contributed by atoms with E-state index in [0.717, 1.165) is 0 Å². The van der Waals surface area contributed by atoms with Gasteiger partial charge in [-0.05, 0) is 18.2 Å². The van der Waals surface area contributed by atoms with Crippen LogP contribution in [0.4, 0.5) is 5.69 Å². The number of non-ortho nitro benzene ring substituents is 1. The van der Waals surface area contributed by atoms with Gasteiger partial charge in [0.25, 0.3) is 11.6 Å². The minimum atomic E-state index is -0.490. The number of nitro groups is 1. The number of methoxy groups -OCH3 is 2. The number of likely N-dealkylation sites (tertiary alicyclic amines) is 1. The second kappa shape index (κ2) is 8.50. The van der Waals surface area contributed by atoms with E-state index in [4.69, 9.17) is 14.2 Å². The van der Waals surface area contributed by atoms with Gasteiger partial charge in [-0.1, -0.05) is 6.07 Å². The number of ether oxygens (including phenoxy) is 3. The van der Waals surface area contributed by atoms with Gasteiger partial charge < -0.3 is 19.1 Å². The van der Waals surface area contributed by atoms with E-state index in [2.05, 4.69) is 10.2 Å². The second-order valence-electron chi connectivity index (χ2n) is 7.16. The average Bonchev–Trinajstić information content (AvgIpc) is 3.22. The third-order valence-electron chi connectivity index (χ3n) is 5.36. The average molecular weight is 426 g/mol. The first-order valence-electron chi connectivity index (χ1n) is 9.81. The maximum absolute atomic E-state index is 13.0. The Morgan fingerprint density at radius 3 is 2.45 bits per heavy atom. The Kier molecular flexibility index (Phi) is 5.61. The highest BCUT2D eigenvalue weighted by molar-refractivity contribution is 6.05. The maximum Gasteiger partial charge on any atom is 0.274 e. The van der Waals surface area contributed by atoms with Gasteiger partial charge in [0.1, 0.15) is 6.10 Å². The first kappa shape index (κ1) is 20.5. The van der Waals surface area contributed by atoms with Gasteiger partial charge in [0.2, 0.25) is 5.75 Å². The number of piperidine rings is 1. The number of nitro benzene ring substituents is 1. The van der Waals surface area contributed by atoms with Crippen molar-refractivity contribution in [2.75, 3.05) is 27.3 Å². The SMILES string of the molecule is COc1cccc(OC)c1OC1CCN(C(=O)c2n[nH]c3ccc([N+](=O)[O-])cc23)CC1. The molecule has 10 heteroatoms. The molecule has 0 saturated carbocycles. The number of amides is 1. The quantitative estimate of drug-likeness (QED) is 0.475. The zero-order chi connectivity index (χ0) is 22.0. The van der Waals surface area contributed by atoms with Gasteiger partial charge in [-0.15, -0.1) is 0 Å². The van der Waals surface area contributed by atoms with Crippen LogP contribution in [-0.4, -0.2) is 59.3 Å². The summed E-state index contributed by atoms with van der Waals surface area (Å²) in [7, 11) is 3.14. The summed E-state index contributed by atoms with van der Waals surface area (Å²) in [6.45, 7) is 0.953. The highest BCUT2D eigenvalue weighted by atomic mass is 16.6. The van der Waals surface area contributed by atoms with Gasteiger partial charge in [-0.2, -0.15) is 5.10 Å². The number of carbonyl (C=O) groups is 1. The third kappa shape index (κ3) is 3.96. The first-order chi connectivity index (χ1) is 15.0. The van der Waals surface area contributed by atoms with Crippen LogP contribution in [0.3, 0.4) is 0 Å². The molecule has 1 aliphatic rings. The number of nitrogens with zero attached hydrogens (tertiary/aromatic N) is 3. The number of carbonyl (C=O) groups excluding carboxylic acids is 1. The lowest BCUT2D eigenvalue weighted by molar-refractivity contribution is -0.384. The number of hydrogen-bond donors (Lipinski definition) is 1. The number of para-hydroxylation sites is 1. The van der Waals surface area contributed by atoms with E-state index in [0.29, 0.717) is 54.1 Å². The normalized spacial score (nSPS) is 14.5. The minimum Gasteiger partial charge on any atom is -0.493 e. The van der Waals surface area contributed by atoms with Crippen molar-refractivity contribution in [1.82, 2.24) is 15.1 Å². The zero-order valence-corrected chi connectivity index (χ0v) is 17.2. The van der Waals surface area contributed by atoms with Gasteiger partial charge >= 0.3 is 0 Å². The maximum atomic E-state index is 13.0. The molecule has 10 nitrogen and oxygen atoms in total. The molecule has 0 atom stereocenters. The van der Waals surface area contributed by atoms with Crippen LogP contribution in [0.15, 0.2) is 36.4 Å². The van der Waals surface area contributed by atoms with Gasteiger partial charge in [0, 0.05) is 43.5 Å². The van der Waals surface area contributed by atoms with Gasteiger partial charge in [-0.3, -0.25) is 20.0 Å². The third-order valence-corrected chi connectivity index (χ3v) is 5.36. The molecule has 0 radical (unpaired) electrons. The Morgan fingerprint density at radius 2 is 1.84 bits per heavy atom. The summed E-state index contributed by atoms with van der Waals surface area (Å²) in [5.74, 6) is 1.45. The van der Waals surface area contributed by atoms with Crippen molar-refractivity contribution >= 4 is 22.5 Å². The molecule has 2 heterocycles. The summed E-state index contributed by atoms with van der Waals surface area (Å²) in [6.07, 6.45) is 1.14. The summed E-state index contributed by atoms with van der Waals surface area (Å²) >= 11 is 0. The van der Waals surface area contributed by atoms with Crippen molar-refractivity contribution in [3.05, 3.63) is 52.2 Å². The Bertz CT molecular complexity index is 1100. The summed E-state index contributed by atoms with van der Waals surface area (Å²) in [4.78, 5) is 25.3. The Labute approximate surface area is 177 Å². The van der Waals surface area contributed by atoms with Gasteiger partial charge in [-0.25, -0.2) is 0 Å². The van der Waals surface area contributed by atoms with Crippen LogP contribution in [-0.2, 0) is 0 Å². The fourth-order valence-corrected chi connectivity index (χ4v) is 3.71. The van der Waals surface area contributed by atoms with E-state index < -0.39 is 4.92 Å². The van der Waals surface area contributed by atoms with E-state index in [1.54, 1.807) is 37.3 Å². The first-order valence-corrected chi connectivity index (χ1v) is 9.81. The number of benzene rings is 2. The van der Waals surface area contributed by atoms with E-state index >= 15 is 0 Å². The number of fused-ring (bicyclic) bond motifs is 1. The Balaban J connectivity index is 1.46. The van der Waals surface area contributed by atoms with Crippen molar-refractivity contribution in [3.8, 4) is 17.2 Å². The minimum absolute atomic E-state index is 0.0826. The molecular formula is C21H22N4O6. The fourth-order valence-electron chi connectivity index (χ4n) is 3.71. The largest absolute Gasteiger partial charge is 0.493 e. The molecule has 0 unspecified atom stereocenters. The molecule has 1 aliphatic heterocycles. The molecule has 162 valence electrons. The number of aromatic amines is 1. The molecule has 2 aromatic carbocycles. The van der Waals surface area contributed by atoms with Crippen LogP contribution in [0.25, 0.3) is 10.9 Å². The summed E-state index contributed by atoms with van der Waals surface area (Å²) in [5.41, 5.74) is 0.681. The highest BCUT2D eigenvalue weighted by Gasteiger charge is 2.28. The zero-order valence-electron chi connectivity index (χ0n) is 17.2. The van der Waals surface area contributed by atoms with Crippen molar-refractivity contribution in [2.45, 2.75) is 18.9 Å². The molecule has 1 fully saturated rings. The summed E-state index contributed by atoms with van der Waals surface area (Å²) in [6, 6.07) is 9.73. The molecule has 1 saturated heterocycles. The number of nitrogens with one attached hydrogen (secondary N) is 1. The fraction of sp³-hybridized carbons (Fsp3) is 0.333. The summed E-state index contributed by atoms with van der Waals surface area (Å²) < 4.78 is 16.9. The van der Waals surface area contributed by atoms with E-state index in [-0.39, 0.29) is 23.4 Å². The Morgan fingerprint density at radius 1 is 1.16 bits per heavy atom. The molecule has 0 aliphatic carbocycles. The van der Waals surface area contributed by atoms with Crippen molar-refractivity contribution < 1.29 is 23.9 Å². The summed E-state index contributed by atoms with van der Waals surface area (Å²) in [5, 5.41) is 18.4. The molecule has 4 rings (SSSR count). The van der Waals surface area contributed by atoms with Crippen LogP contribution >= 0.6 is 0 Å². The predicted octanol–water partition coefficient (Wildman–Crippen LogP) is 3.17. The second-order valence-corrected chi connectivity index (χ2v) is 7.16. The van der Waals surface area contributed by atoms with E-state index in [9.17, 15) is 14.9 Å². The van der Waals surface area contributed by atoms with Gasteiger partial charge in [0.15, 0.2) is 17.2 Å². The number of H-pyrrole nitrogens is 1. The standard InChI is InChI=1S/C21H22N4O6/c1-29-17-4-3-5-18(30-2)20(17)31-14-8-10-24(11-9-14)21(26)19-15-12-13(25(27)28)6-7-16(15)22-23-19/h3-7,12,14H,8-11H2,1-2H3,(H,22,23). The lowest BCUT2D eigenvalue weighted by Crippen LogP contribution is -2.42. The molecular weight excluding hydrogens is 404 g/mol. The highest BCUT2D eigenvalue weighted by Crippen LogP contribution is 2.38. The lowest BCUT2D eigenvalue weighted by atomic mass is 10.1. The van der Waals surface area contributed by atoms with E-state index in [1.165, 1.54) is 12.1 Å². The number of rotatable bonds is 6. The van der Waals surface area contributed by atoms with Crippen LogP contribution in [0, 0.1) is 10.1 Å². The topological polar surface area (TPSA) is 120 Å². The predicted molar refractivity (Wildman–Crippen MR) is 112 cm³/mol. The van der Waals surface area contributed by atoms with Crippen LogP contribution in [0.1, 0.15) is 23.3 Å². The lowest BCUT2D eigenvalue weighted by Gasteiger charge is -2.32. The monoisotopic (exact) mass is 426 g/mol. The number of hydrogen-bond acceptors (Lipinski definition) is 7. The van der Waals surface area contributed by atoms with Crippen molar-refractivity contribution in [3.63, 3.8) is 0 Å². The van der Waals surface area contributed by atoms with Crippen molar-refractivity contribution in [1.29, 1.82) is 0 Å². The van der Waals surface area contributed by atoms with Crippen LogP contribution in [0.5, 0.6) is 17.2 Å². The van der Waals surface area contributed by atoms with Crippen LogP contribution in [0.2, 0.25) is 0 Å². The molecule has 0 bridgehead atoms. The molecule has 3 aromatic rings. The molecule has 0 spiro atoms.